The fourth-order valence-corrected chi connectivity index (χ4v) is 3.80. The molecular weight excluding hydrogens is 330 g/mol. The van der Waals surface area contributed by atoms with E-state index in [1.54, 1.807) is 36.8 Å². The van der Waals surface area contributed by atoms with Crippen LogP contribution in [0.25, 0.3) is 0 Å². The Morgan fingerprint density at radius 2 is 2.08 bits per heavy atom. The van der Waals surface area contributed by atoms with E-state index in [-0.39, 0.29) is 10.8 Å². The molecule has 0 unspecified atom stereocenters. The summed E-state index contributed by atoms with van der Waals surface area (Å²) in [5, 5.41) is 2.75. The number of sulfonamides is 1. The van der Waals surface area contributed by atoms with Gasteiger partial charge in [0.25, 0.3) is 15.9 Å². The summed E-state index contributed by atoms with van der Waals surface area (Å²) in [6.45, 7) is 2.99. The summed E-state index contributed by atoms with van der Waals surface area (Å²) in [6, 6.07) is 6.49. The first-order chi connectivity index (χ1) is 11.4. The highest BCUT2D eigenvalue weighted by molar-refractivity contribution is 7.92. The zero-order chi connectivity index (χ0) is 17.3. The molecule has 0 saturated carbocycles. The van der Waals surface area contributed by atoms with E-state index in [0.29, 0.717) is 30.2 Å². The molecule has 1 aromatic heterocycles. The summed E-state index contributed by atoms with van der Waals surface area (Å²) in [6.07, 6.45) is 2.26. The number of benzene rings is 1. The van der Waals surface area contributed by atoms with Crippen molar-refractivity contribution >= 4 is 21.6 Å². The molecule has 3 rings (SSSR count). The molecule has 0 bridgehead atoms. The molecule has 1 amide bonds. The minimum atomic E-state index is -3.78. The van der Waals surface area contributed by atoms with Gasteiger partial charge in [-0.3, -0.25) is 9.52 Å². The molecule has 2 aromatic rings. The van der Waals surface area contributed by atoms with E-state index in [0.717, 1.165) is 12.0 Å². The number of aryl methyl sites for hydroxylation is 2. The second-order valence-electron chi connectivity index (χ2n) is 5.65. The highest BCUT2D eigenvalue weighted by atomic mass is 32.2. The van der Waals surface area contributed by atoms with Gasteiger partial charge in [0.2, 0.25) is 0 Å². The van der Waals surface area contributed by atoms with Gasteiger partial charge in [0, 0.05) is 19.3 Å². The highest BCUT2D eigenvalue weighted by Crippen LogP contribution is 2.25. The third kappa shape index (κ3) is 3.09. The monoisotopic (exact) mass is 349 g/mol. The van der Waals surface area contributed by atoms with E-state index in [2.05, 4.69) is 10.0 Å². The number of hydrogen-bond donors (Lipinski definition) is 2. The van der Waals surface area contributed by atoms with Crippen molar-refractivity contribution < 1.29 is 17.9 Å². The molecule has 0 aliphatic carbocycles. The van der Waals surface area contributed by atoms with Crippen molar-refractivity contribution in [1.29, 1.82) is 0 Å². The van der Waals surface area contributed by atoms with E-state index in [1.165, 1.54) is 12.3 Å². The summed E-state index contributed by atoms with van der Waals surface area (Å²) in [5.74, 6) is 0.400. The summed E-state index contributed by atoms with van der Waals surface area (Å²) in [4.78, 5) is 12.0. The molecule has 0 radical (unpaired) electrons. The third-order valence-electron chi connectivity index (χ3n) is 3.95. The van der Waals surface area contributed by atoms with Crippen LogP contribution in [-0.2, 0) is 16.6 Å². The number of nitrogens with zero attached hydrogens (tertiary/aromatic N) is 1. The SMILES string of the molecule is COc1ccc(NS(=O)(=O)c2cc3n(c2)CCCNC3=O)c(C)c1. The Kier molecular flexibility index (Phi) is 4.23. The van der Waals surface area contributed by atoms with E-state index in [9.17, 15) is 13.2 Å². The molecule has 1 aliphatic rings. The Hall–Kier alpha value is -2.48. The summed E-state index contributed by atoms with van der Waals surface area (Å²) in [7, 11) is -2.22. The lowest BCUT2D eigenvalue weighted by atomic mass is 10.2. The highest BCUT2D eigenvalue weighted by Gasteiger charge is 2.23. The first-order valence-corrected chi connectivity index (χ1v) is 9.05. The summed E-state index contributed by atoms with van der Waals surface area (Å²) in [5.41, 5.74) is 1.58. The smallest absolute Gasteiger partial charge is 0.267 e. The standard InChI is InChI=1S/C16H19N3O4S/c1-11-8-12(23-2)4-5-14(11)18-24(21,22)13-9-15-16(20)17-6-3-7-19(15)10-13/h4-5,8-10,18H,3,6-7H2,1-2H3,(H,17,20). The van der Waals surface area contributed by atoms with Crippen LogP contribution in [0, 0.1) is 6.92 Å². The molecule has 8 heteroatoms. The molecule has 7 nitrogen and oxygen atoms in total. The number of rotatable bonds is 4. The van der Waals surface area contributed by atoms with Crippen molar-refractivity contribution in [3.63, 3.8) is 0 Å². The number of carbonyl (C=O) groups is 1. The number of methoxy groups -OCH3 is 1. The first-order valence-electron chi connectivity index (χ1n) is 7.56. The average molecular weight is 349 g/mol. The molecule has 0 saturated heterocycles. The Morgan fingerprint density at radius 3 is 2.79 bits per heavy atom. The van der Waals surface area contributed by atoms with Crippen molar-refractivity contribution in [3.05, 3.63) is 41.7 Å². The fourth-order valence-electron chi connectivity index (χ4n) is 2.63. The predicted octanol–water partition coefficient (Wildman–Crippen LogP) is 1.74. The molecular formula is C16H19N3O4S. The number of anilines is 1. The molecule has 1 aliphatic heterocycles. The molecule has 1 aromatic carbocycles. The fraction of sp³-hybridized carbons (Fsp3) is 0.312. The zero-order valence-corrected chi connectivity index (χ0v) is 14.3. The Bertz CT molecular complexity index is 887. The Morgan fingerprint density at radius 1 is 1.29 bits per heavy atom. The number of aromatic nitrogens is 1. The van der Waals surface area contributed by atoms with Crippen molar-refractivity contribution in [1.82, 2.24) is 9.88 Å². The number of hydrogen-bond acceptors (Lipinski definition) is 4. The van der Waals surface area contributed by atoms with Crippen molar-refractivity contribution in [2.45, 2.75) is 24.8 Å². The molecule has 2 heterocycles. The number of fused-ring (bicyclic) bond motifs is 1. The van der Waals surface area contributed by atoms with Gasteiger partial charge in [-0.1, -0.05) is 0 Å². The first kappa shape index (κ1) is 16.4. The van der Waals surface area contributed by atoms with Gasteiger partial charge in [0.05, 0.1) is 12.8 Å². The minimum absolute atomic E-state index is 0.0739. The lowest BCUT2D eigenvalue weighted by molar-refractivity contribution is 0.0951. The Labute approximate surface area is 140 Å². The zero-order valence-electron chi connectivity index (χ0n) is 13.5. The van der Waals surface area contributed by atoms with Crippen LogP contribution >= 0.6 is 0 Å². The van der Waals surface area contributed by atoms with Gasteiger partial charge in [0.1, 0.15) is 16.3 Å². The number of ether oxygens (including phenoxy) is 1. The van der Waals surface area contributed by atoms with E-state index < -0.39 is 10.0 Å². The molecule has 24 heavy (non-hydrogen) atoms. The number of carbonyl (C=O) groups excluding carboxylic acids is 1. The maximum absolute atomic E-state index is 12.6. The van der Waals surface area contributed by atoms with Crippen LogP contribution in [0.2, 0.25) is 0 Å². The molecule has 128 valence electrons. The normalized spacial score (nSPS) is 14.5. The van der Waals surface area contributed by atoms with Crippen molar-refractivity contribution in [3.8, 4) is 5.75 Å². The lowest BCUT2D eigenvalue weighted by Gasteiger charge is -2.10. The van der Waals surface area contributed by atoms with Gasteiger partial charge in [-0.25, -0.2) is 8.42 Å². The summed E-state index contributed by atoms with van der Waals surface area (Å²) < 4.78 is 34.6. The van der Waals surface area contributed by atoms with Crippen LogP contribution in [-0.4, -0.2) is 32.5 Å². The average Bonchev–Trinajstić information content (AvgIpc) is 2.91. The summed E-state index contributed by atoms with van der Waals surface area (Å²) >= 11 is 0. The van der Waals surface area contributed by atoms with Gasteiger partial charge in [-0.2, -0.15) is 0 Å². The van der Waals surface area contributed by atoms with Crippen LogP contribution in [0.1, 0.15) is 22.5 Å². The largest absolute Gasteiger partial charge is 0.497 e. The maximum atomic E-state index is 12.6. The third-order valence-corrected chi connectivity index (χ3v) is 5.29. The quantitative estimate of drug-likeness (QED) is 0.880. The van der Waals surface area contributed by atoms with Crippen LogP contribution in [0.5, 0.6) is 5.75 Å². The molecule has 0 atom stereocenters. The molecule has 0 fully saturated rings. The van der Waals surface area contributed by atoms with Crippen molar-refractivity contribution in [2.24, 2.45) is 0 Å². The van der Waals surface area contributed by atoms with E-state index >= 15 is 0 Å². The van der Waals surface area contributed by atoms with Gasteiger partial charge < -0.3 is 14.6 Å². The van der Waals surface area contributed by atoms with Crippen LogP contribution in [0.3, 0.4) is 0 Å². The van der Waals surface area contributed by atoms with Crippen LogP contribution in [0.15, 0.2) is 35.4 Å². The van der Waals surface area contributed by atoms with Gasteiger partial charge in [-0.15, -0.1) is 0 Å². The maximum Gasteiger partial charge on any atom is 0.267 e. The number of amides is 1. The predicted molar refractivity (Wildman–Crippen MR) is 89.9 cm³/mol. The molecule has 0 spiro atoms. The van der Waals surface area contributed by atoms with E-state index in [4.69, 9.17) is 4.74 Å². The minimum Gasteiger partial charge on any atom is -0.497 e. The lowest BCUT2D eigenvalue weighted by Crippen LogP contribution is -2.22. The number of nitrogens with one attached hydrogen (secondary N) is 2. The van der Waals surface area contributed by atoms with Gasteiger partial charge in [-0.05, 0) is 43.2 Å². The second-order valence-corrected chi connectivity index (χ2v) is 7.33. The Balaban J connectivity index is 1.91. The topological polar surface area (TPSA) is 89.4 Å². The van der Waals surface area contributed by atoms with E-state index in [1.807, 2.05) is 0 Å². The van der Waals surface area contributed by atoms with Crippen molar-refractivity contribution in [2.75, 3.05) is 18.4 Å². The second kappa shape index (κ2) is 6.20. The van der Waals surface area contributed by atoms with Gasteiger partial charge >= 0.3 is 0 Å². The van der Waals surface area contributed by atoms with Crippen LogP contribution < -0.4 is 14.8 Å². The van der Waals surface area contributed by atoms with Gasteiger partial charge in [0.15, 0.2) is 0 Å². The molecule has 2 N–H and O–H groups in total. The van der Waals surface area contributed by atoms with Crippen LogP contribution in [0.4, 0.5) is 5.69 Å².